The minimum Gasteiger partial charge on any atom is -0.386 e. The summed E-state index contributed by atoms with van der Waals surface area (Å²) in [5, 5.41) is 10.2. The first-order chi connectivity index (χ1) is 15.5. The molecule has 1 N–H and O–H groups in total. The molecule has 4 rings (SSSR count). The maximum Gasteiger partial charge on any atom is 0.437 e. The van der Waals surface area contributed by atoms with E-state index in [4.69, 9.17) is 4.42 Å². The van der Waals surface area contributed by atoms with Gasteiger partial charge in [-0.25, -0.2) is 14.5 Å². The van der Waals surface area contributed by atoms with Gasteiger partial charge in [-0.2, -0.15) is 23.0 Å². The molecule has 1 aromatic carbocycles. The van der Waals surface area contributed by atoms with Crippen molar-refractivity contribution in [2.24, 2.45) is 7.05 Å². The Hall–Kier alpha value is -4.22. The number of nitrogens with one attached hydrogen (secondary N) is 1. The quantitative estimate of drug-likeness (QED) is 0.502. The van der Waals surface area contributed by atoms with Crippen LogP contribution in [0, 0.1) is 13.8 Å². The molecule has 4 aromatic rings. The van der Waals surface area contributed by atoms with Crippen molar-refractivity contribution in [2.45, 2.75) is 20.0 Å². The van der Waals surface area contributed by atoms with E-state index in [1.54, 1.807) is 12.1 Å². The number of benzene rings is 1. The summed E-state index contributed by atoms with van der Waals surface area (Å²) in [6.45, 7) is 3.70. The van der Waals surface area contributed by atoms with Crippen LogP contribution in [0.5, 0.6) is 0 Å². The standard InChI is InChI=1S/C21H17F3N6O3/c1-11-5-4-6-14(12(11)2)18(31)26-17-8-7-13(10-25-17)30-16(21(22,23)24)9-15(27-30)19-28-29(3)20(32)33-19/h4-10H,1-3H3,(H,25,26,31). The van der Waals surface area contributed by atoms with Crippen molar-refractivity contribution < 1.29 is 22.4 Å². The SMILES string of the molecule is Cc1cccc(C(=O)Nc2ccc(-n3nc(-c4nn(C)c(=O)o4)cc3C(F)(F)F)cn2)c1C. The molecule has 9 nitrogen and oxygen atoms in total. The summed E-state index contributed by atoms with van der Waals surface area (Å²) < 4.78 is 47.1. The zero-order chi connectivity index (χ0) is 23.9. The lowest BCUT2D eigenvalue weighted by atomic mass is 10.0. The molecule has 0 atom stereocenters. The van der Waals surface area contributed by atoms with Gasteiger partial charge in [0.15, 0.2) is 5.69 Å². The van der Waals surface area contributed by atoms with Gasteiger partial charge < -0.3 is 9.73 Å². The molecule has 3 aromatic heterocycles. The van der Waals surface area contributed by atoms with E-state index in [2.05, 4.69) is 20.5 Å². The number of halogens is 3. The van der Waals surface area contributed by atoms with Crippen LogP contribution < -0.4 is 11.1 Å². The van der Waals surface area contributed by atoms with Crippen LogP contribution in [-0.4, -0.2) is 30.5 Å². The molecule has 0 aliphatic heterocycles. The fraction of sp³-hybridized carbons (Fsp3) is 0.190. The van der Waals surface area contributed by atoms with Crippen LogP contribution in [0.15, 0.2) is 51.8 Å². The van der Waals surface area contributed by atoms with Crippen molar-refractivity contribution in [3.8, 4) is 17.3 Å². The Kier molecular flexibility index (Phi) is 5.36. The number of aryl methyl sites for hydroxylation is 2. The van der Waals surface area contributed by atoms with Gasteiger partial charge in [-0.1, -0.05) is 12.1 Å². The highest BCUT2D eigenvalue weighted by Gasteiger charge is 2.37. The molecule has 12 heteroatoms. The molecule has 33 heavy (non-hydrogen) atoms. The third kappa shape index (κ3) is 4.27. The first-order valence-corrected chi connectivity index (χ1v) is 9.60. The summed E-state index contributed by atoms with van der Waals surface area (Å²) >= 11 is 0. The Morgan fingerprint density at radius 3 is 2.48 bits per heavy atom. The minimum atomic E-state index is -4.75. The number of amides is 1. The van der Waals surface area contributed by atoms with Crippen molar-refractivity contribution in [3.05, 3.63) is 75.5 Å². The van der Waals surface area contributed by atoms with Crippen molar-refractivity contribution in [1.82, 2.24) is 24.5 Å². The molecule has 0 bridgehead atoms. The smallest absolute Gasteiger partial charge is 0.386 e. The zero-order valence-electron chi connectivity index (χ0n) is 17.6. The molecular weight excluding hydrogens is 441 g/mol. The normalized spacial score (nSPS) is 11.6. The zero-order valence-corrected chi connectivity index (χ0v) is 17.6. The van der Waals surface area contributed by atoms with Gasteiger partial charge in [0.1, 0.15) is 11.5 Å². The van der Waals surface area contributed by atoms with E-state index in [-0.39, 0.29) is 29.0 Å². The number of hydrogen-bond donors (Lipinski definition) is 1. The van der Waals surface area contributed by atoms with Gasteiger partial charge >= 0.3 is 11.9 Å². The van der Waals surface area contributed by atoms with E-state index < -0.39 is 17.6 Å². The van der Waals surface area contributed by atoms with Crippen molar-refractivity contribution in [1.29, 1.82) is 0 Å². The average molecular weight is 458 g/mol. The number of hydrogen-bond acceptors (Lipinski definition) is 6. The molecule has 0 unspecified atom stereocenters. The number of carbonyl (C=O) groups excluding carboxylic acids is 1. The summed E-state index contributed by atoms with van der Waals surface area (Å²) in [5.41, 5.74) is 0.827. The summed E-state index contributed by atoms with van der Waals surface area (Å²) in [6, 6.07) is 8.72. The van der Waals surface area contributed by atoms with E-state index in [0.29, 0.717) is 10.2 Å². The largest absolute Gasteiger partial charge is 0.437 e. The lowest BCUT2D eigenvalue weighted by molar-refractivity contribution is -0.142. The molecule has 1 amide bonds. The maximum atomic E-state index is 13.6. The predicted molar refractivity (Wildman–Crippen MR) is 111 cm³/mol. The van der Waals surface area contributed by atoms with Crippen LogP contribution in [0.1, 0.15) is 27.2 Å². The van der Waals surface area contributed by atoms with Crippen molar-refractivity contribution >= 4 is 11.7 Å². The first kappa shape index (κ1) is 22.0. The fourth-order valence-electron chi connectivity index (χ4n) is 3.10. The molecular formula is C21H17F3N6O3. The number of carbonyl (C=O) groups is 1. The van der Waals surface area contributed by atoms with E-state index in [1.807, 2.05) is 19.9 Å². The number of anilines is 1. The topological polar surface area (TPSA) is 108 Å². The Balaban J connectivity index is 1.65. The summed E-state index contributed by atoms with van der Waals surface area (Å²) in [6.07, 6.45) is -3.62. The van der Waals surface area contributed by atoms with E-state index in [0.717, 1.165) is 28.1 Å². The molecule has 0 aliphatic rings. The molecule has 0 spiro atoms. The van der Waals surface area contributed by atoms with E-state index >= 15 is 0 Å². The van der Waals surface area contributed by atoms with Crippen LogP contribution in [0.25, 0.3) is 17.3 Å². The van der Waals surface area contributed by atoms with Crippen LogP contribution >= 0.6 is 0 Å². The van der Waals surface area contributed by atoms with Crippen LogP contribution in [0.2, 0.25) is 0 Å². The molecule has 3 heterocycles. The van der Waals surface area contributed by atoms with Gasteiger partial charge in [0.25, 0.3) is 11.8 Å². The van der Waals surface area contributed by atoms with Crippen molar-refractivity contribution in [2.75, 3.05) is 5.32 Å². The molecule has 0 aliphatic carbocycles. The average Bonchev–Trinajstić information content (AvgIpc) is 3.34. The molecule has 0 fully saturated rings. The first-order valence-electron chi connectivity index (χ1n) is 9.60. The van der Waals surface area contributed by atoms with E-state index in [9.17, 15) is 22.8 Å². The van der Waals surface area contributed by atoms with Gasteiger partial charge in [-0.05, 0) is 43.2 Å². The third-order valence-electron chi connectivity index (χ3n) is 4.99. The predicted octanol–water partition coefficient (Wildman–Crippen LogP) is 3.51. The monoisotopic (exact) mass is 458 g/mol. The maximum absolute atomic E-state index is 13.6. The van der Waals surface area contributed by atoms with Gasteiger partial charge in [0, 0.05) is 18.7 Å². The Labute approximate surface area is 184 Å². The van der Waals surface area contributed by atoms with Gasteiger partial charge in [0.2, 0.25) is 0 Å². The molecule has 170 valence electrons. The second kappa shape index (κ2) is 8.04. The second-order valence-corrected chi connectivity index (χ2v) is 7.22. The summed E-state index contributed by atoms with van der Waals surface area (Å²) in [4.78, 5) is 28.1. The number of pyridine rings is 1. The van der Waals surface area contributed by atoms with Gasteiger partial charge in [0.05, 0.1) is 11.9 Å². The van der Waals surface area contributed by atoms with E-state index in [1.165, 1.54) is 19.2 Å². The van der Waals surface area contributed by atoms with Crippen LogP contribution in [0.4, 0.5) is 19.0 Å². The highest BCUT2D eigenvalue weighted by molar-refractivity contribution is 6.05. The molecule has 0 saturated heterocycles. The Morgan fingerprint density at radius 2 is 1.88 bits per heavy atom. The van der Waals surface area contributed by atoms with Gasteiger partial charge in [-0.15, -0.1) is 5.10 Å². The third-order valence-corrected chi connectivity index (χ3v) is 4.99. The van der Waals surface area contributed by atoms with Gasteiger partial charge in [-0.3, -0.25) is 4.79 Å². The number of alkyl halides is 3. The Morgan fingerprint density at radius 1 is 1.12 bits per heavy atom. The highest BCUT2D eigenvalue weighted by atomic mass is 19.4. The van der Waals surface area contributed by atoms with Crippen LogP contribution in [0.3, 0.4) is 0 Å². The summed E-state index contributed by atoms with van der Waals surface area (Å²) in [5.74, 6) is -1.42. The molecule has 0 radical (unpaired) electrons. The highest BCUT2D eigenvalue weighted by Crippen LogP contribution is 2.33. The lowest BCUT2D eigenvalue weighted by Crippen LogP contribution is -2.16. The Bertz CT molecular complexity index is 1400. The lowest BCUT2D eigenvalue weighted by Gasteiger charge is -2.11. The summed E-state index contributed by atoms with van der Waals surface area (Å²) in [7, 11) is 1.30. The second-order valence-electron chi connectivity index (χ2n) is 7.22. The number of nitrogens with zero attached hydrogens (tertiary/aromatic N) is 5. The fourth-order valence-corrected chi connectivity index (χ4v) is 3.10. The number of rotatable bonds is 4. The molecule has 0 saturated carbocycles. The minimum absolute atomic E-state index is 0.0170. The number of aromatic nitrogens is 5. The van der Waals surface area contributed by atoms with Crippen molar-refractivity contribution in [3.63, 3.8) is 0 Å². The van der Waals surface area contributed by atoms with Crippen LogP contribution in [-0.2, 0) is 13.2 Å².